The molecule has 6 heteroatoms. The van der Waals surface area contributed by atoms with Gasteiger partial charge in [0.1, 0.15) is 0 Å². The van der Waals surface area contributed by atoms with Gasteiger partial charge < -0.3 is 9.80 Å². The van der Waals surface area contributed by atoms with Crippen LogP contribution in [0.5, 0.6) is 0 Å². The van der Waals surface area contributed by atoms with Gasteiger partial charge in [0.15, 0.2) is 0 Å². The van der Waals surface area contributed by atoms with Gasteiger partial charge in [0.25, 0.3) is 0 Å². The van der Waals surface area contributed by atoms with E-state index in [1.807, 2.05) is 0 Å². The minimum absolute atomic E-state index is 0.596. The van der Waals surface area contributed by atoms with Crippen LogP contribution in [0, 0.1) is 28.6 Å². The second-order valence-corrected chi connectivity index (χ2v) is 9.24. The zero-order valence-electron chi connectivity index (χ0n) is 16.0. The van der Waals surface area contributed by atoms with Crippen molar-refractivity contribution in [2.75, 3.05) is 55.7 Å². The molecule has 4 nitrogen and oxygen atoms in total. The highest BCUT2D eigenvalue weighted by Crippen LogP contribution is 2.19. The highest BCUT2D eigenvalue weighted by atomic mass is 32.2. The SMILES string of the molecule is CC(C)N(CCCSCC#N)C[C@H]1CCCN(CCCSCC#N)C1. The first kappa shape index (κ1) is 22.6. The molecule has 0 spiro atoms. The summed E-state index contributed by atoms with van der Waals surface area (Å²) in [5, 5.41) is 17.2. The molecule has 0 saturated carbocycles. The van der Waals surface area contributed by atoms with E-state index in [-0.39, 0.29) is 0 Å². The second kappa shape index (κ2) is 14.7. The molecule has 1 rings (SSSR count). The second-order valence-electron chi connectivity index (χ2n) is 7.03. The molecule has 1 heterocycles. The van der Waals surface area contributed by atoms with Crippen molar-refractivity contribution < 1.29 is 0 Å². The predicted molar refractivity (Wildman–Crippen MR) is 111 cm³/mol. The lowest BCUT2D eigenvalue weighted by Crippen LogP contribution is -2.43. The number of thioether (sulfide) groups is 2. The Kier molecular flexibility index (Phi) is 13.3. The van der Waals surface area contributed by atoms with Gasteiger partial charge in [0.05, 0.1) is 23.6 Å². The average Bonchev–Trinajstić information content (AvgIpc) is 2.60. The van der Waals surface area contributed by atoms with E-state index in [9.17, 15) is 0 Å². The van der Waals surface area contributed by atoms with E-state index >= 15 is 0 Å². The van der Waals surface area contributed by atoms with E-state index in [0.717, 1.165) is 24.0 Å². The Morgan fingerprint density at radius 1 is 1.12 bits per heavy atom. The van der Waals surface area contributed by atoms with Crippen LogP contribution in [0.25, 0.3) is 0 Å². The molecule has 0 bridgehead atoms. The maximum atomic E-state index is 8.61. The van der Waals surface area contributed by atoms with E-state index in [0.29, 0.717) is 17.5 Å². The molecule has 0 N–H and O–H groups in total. The van der Waals surface area contributed by atoms with Crippen molar-refractivity contribution in [2.24, 2.45) is 5.92 Å². The van der Waals surface area contributed by atoms with Crippen LogP contribution in [0.3, 0.4) is 0 Å². The Bertz CT molecular complexity index is 417. The van der Waals surface area contributed by atoms with Crippen LogP contribution < -0.4 is 0 Å². The number of nitriles is 2. The molecule has 0 amide bonds. The molecule has 0 aromatic heterocycles. The van der Waals surface area contributed by atoms with E-state index < -0.39 is 0 Å². The summed E-state index contributed by atoms with van der Waals surface area (Å²) in [6.07, 6.45) is 5.05. The first-order chi connectivity index (χ1) is 12.2. The van der Waals surface area contributed by atoms with Gasteiger partial charge >= 0.3 is 0 Å². The number of hydrogen-bond donors (Lipinski definition) is 0. The summed E-state index contributed by atoms with van der Waals surface area (Å²) in [6, 6.07) is 5.00. The predicted octanol–water partition coefficient (Wildman–Crippen LogP) is 3.70. The smallest absolute Gasteiger partial charge is 0.0808 e. The fourth-order valence-corrected chi connectivity index (χ4v) is 4.53. The van der Waals surface area contributed by atoms with E-state index in [1.165, 1.54) is 51.9 Å². The van der Waals surface area contributed by atoms with Crippen molar-refractivity contribution in [3.63, 3.8) is 0 Å². The number of hydrogen-bond acceptors (Lipinski definition) is 6. The lowest BCUT2D eigenvalue weighted by Gasteiger charge is -2.37. The van der Waals surface area contributed by atoms with Crippen molar-refractivity contribution >= 4 is 23.5 Å². The third-order valence-electron chi connectivity index (χ3n) is 4.66. The Hall–Kier alpha value is -0.400. The largest absolute Gasteiger partial charge is 0.303 e. The molecule has 1 atom stereocenters. The quantitative estimate of drug-likeness (QED) is 0.453. The van der Waals surface area contributed by atoms with Gasteiger partial charge in [-0.25, -0.2) is 0 Å². The summed E-state index contributed by atoms with van der Waals surface area (Å²) in [4.78, 5) is 5.26. The zero-order valence-corrected chi connectivity index (χ0v) is 17.6. The van der Waals surface area contributed by atoms with E-state index in [4.69, 9.17) is 10.5 Å². The fourth-order valence-electron chi connectivity index (χ4n) is 3.39. The van der Waals surface area contributed by atoms with E-state index in [1.54, 1.807) is 23.5 Å². The maximum absolute atomic E-state index is 8.61. The van der Waals surface area contributed by atoms with E-state index in [2.05, 4.69) is 35.8 Å². The molecule has 1 fully saturated rings. The third kappa shape index (κ3) is 11.0. The van der Waals surface area contributed by atoms with Crippen LogP contribution in [0.2, 0.25) is 0 Å². The van der Waals surface area contributed by atoms with Crippen molar-refractivity contribution in [2.45, 2.75) is 45.6 Å². The molecule has 0 radical (unpaired) electrons. The Balaban J connectivity index is 2.26. The highest BCUT2D eigenvalue weighted by molar-refractivity contribution is 7.99. The molecule has 142 valence electrons. The van der Waals surface area contributed by atoms with Gasteiger partial charge in [-0.15, -0.1) is 23.5 Å². The first-order valence-electron chi connectivity index (χ1n) is 9.53. The fraction of sp³-hybridized carbons (Fsp3) is 0.895. The lowest BCUT2D eigenvalue weighted by molar-refractivity contribution is 0.118. The van der Waals surface area contributed by atoms with Crippen LogP contribution in [-0.4, -0.2) is 71.6 Å². The molecular formula is C19H34N4S2. The normalized spacial score (nSPS) is 18.4. The number of rotatable bonds is 13. The van der Waals surface area contributed by atoms with Gasteiger partial charge in [0.2, 0.25) is 0 Å². The summed E-state index contributed by atoms with van der Waals surface area (Å²) >= 11 is 3.50. The molecule has 25 heavy (non-hydrogen) atoms. The standard InChI is InChI=1S/C19H34N4S2/c1-18(2)23(11-5-13-25-15-8-21)17-19-6-3-9-22(16-19)10-4-12-24-14-7-20/h18-19H,3-6,9-17H2,1-2H3/t19-/m0/s1. The van der Waals surface area contributed by atoms with Crippen LogP contribution >= 0.6 is 23.5 Å². The van der Waals surface area contributed by atoms with Crippen LogP contribution in [0.15, 0.2) is 0 Å². The zero-order chi connectivity index (χ0) is 18.3. The Morgan fingerprint density at radius 3 is 2.44 bits per heavy atom. The van der Waals surface area contributed by atoms with Gasteiger partial charge in [-0.3, -0.25) is 0 Å². The van der Waals surface area contributed by atoms with Crippen molar-refractivity contribution in [3.05, 3.63) is 0 Å². The summed E-state index contributed by atoms with van der Waals surface area (Å²) in [5.41, 5.74) is 0. The Labute approximate surface area is 163 Å². The van der Waals surface area contributed by atoms with Crippen LogP contribution in [0.4, 0.5) is 0 Å². The van der Waals surface area contributed by atoms with Crippen LogP contribution in [0.1, 0.15) is 39.5 Å². The third-order valence-corrected chi connectivity index (χ3v) is 6.48. The monoisotopic (exact) mass is 382 g/mol. The van der Waals surface area contributed by atoms with Gasteiger partial charge in [-0.2, -0.15) is 10.5 Å². The van der Waals surface area contributed by atoms with Crippen molar-refractivity contribution in [1.82, 2.24) is 9.80 Å². The van der Waals surface area contributed by atoms with Gasteiger partial charge in [0, 0.05) is 19.1 Å². The minimum atomic E-state index is 0.596. The first-order valence-corrected chi connectivity index (χ1v) is 11.8. The number of piperidine rings is 1. The number of nitrogens with zero attached hydrogens (tertiary/aromatic N) is 4. The molecule has 1 aliphatic rings. The summed E-state index contributed by atoms with van der Waals surface area (Å²) < 4.78 is 0. The summed E-state index contributed by atoms with van der Waals surface area (Å²) in [6.45, 7) is 10.6. The van der Waals surface area contributed by atoms with Crippen molar-refractivity contribution in [1.29, 1.82) is 10.5 Å². The van der Waals surface area contributed by atoms with Gasteiger partial charge in [-0.05, 0) is 76.6 Å². The van der Waals surface area contributed by atoms with Crippen LogP contribution in [-0.2, 0) is 0 Å². The highest BCUT2D eigenvalue weighted by Gasteiger charge is 2.22. The van der Waals surface area contributed by atoms with Crippen molar-refractivity contribution in [3.8, 4) is 12.1 Å². The molecule has 0 unspecified atom stereocenters. The Morgan fingerprint density at radius 2 is 1.80 bits per heavy atom. The minimum Gasteiger partial charge on any atom is -0.303 e. The average molecular weight is 383 g/mol. The molecule has 1 aliphatic heterocycles. The molecular weight excluding hydrogens is 348 g/mol. The molecule has 1 saturated heterocycles. The molecule has 0 aliphatic carbocycles. The topological polar surface area (TPSA) is 54.1 Å². The molecule has 0 aromatic carbocycles. The number of likely N-dealkylation sites (tertiary alicyclic amines) is 1. The maximum Gasteiger partial charge on any atom is 0.0808 e. The lowest BCUT2D eigenvalue weighted by atomic mass is 9.96. The summed E-state index contributed by atoms with van der Waals surface area (Å²) in [5.74, 6) is 4.22. The molecule has 0 aromatic rings. The summed E-state index contributed by atoms with van der Waals surface area (Å²) in [7, 11) is 0. The van der Waals surface area contributed by atoms with Gasteiger partial charge in [-0.1, -0.05) is 0 Å².